The standard InChI is InChI=1S/C15H25NO/c1-2-16-15(13-4-3-7-17-10-13)14-9-11-5-6-12(14)8-11/h10-12,14-16H,2-9H2,1H3. The molecule has 0 aromatic carbocycles. The molecule has 2 heteroatoms. The molecule has 1 heterocycles. The predicted molar refractivity (Wildman–Crippen MR) is 69.7 cm³/mol. The Morgan fingerprint density at radius 2 is 2.35 bits per heavy atom. The largest absolute Gasteiger partial charge is 0.501 e. The normalized spacial score (nSPS) is 37.7. The summed E-state index contributed by atoms with van der Waals surface area (Å²) in [5, 5.41) is 3.73. The van der Waals surface area contributed by atoms with Gasteiger partial charge in [-0.1, -0.05) is 13.3 Å². The van der Waals surface area contributed by atoms with Gasteiger partial charge in [0.15, 0.2) is 0 Å². The van der Waals surface area contributed by atoms with Crippen molar-refractivity contribution >= 4 is 0 Å². The summed E-state index contributed by atoms with van der Waals surface area (Å²) in [6.07, 6.45) is 10.4. The Hall–Kier alpha value is -0.500. The Morgan fingerprint density at radius 3 is 2.94 bits per heavy atom. The van der Waals surface area contributed by atoms with E-state index in [2.05, 4.69) is 18.5 Å². The van der Waals surface area contributed by atoms with Gasteiger partial charge < -0.3 is 10.1 Å². The molecule has 0 aromatic heterocycles. The summed E-state index contributed by atoms with van der Waals surface area (Å²) in [7, 11) is 0. The fourth-order valence-corrected chi connectivity index (χ4v) is 4.29. The molecule has 2 fully saturated rings. The summed E-state index contributed by atoms with van der Waals surface area (Å²) in [5.41, 5.74) is 1.54. The molecule has 0 saturated heterocycles. The van der Waals surface area contributed by atoms with E-state index >= 15 is 0 Å². The van der Waals surface area contributed by atoms with Crippen molar-refractivity contribution in [3.8, 4) is 0 Å². The minimum Gasteiger partial charge on any atom is -0.501 e. The molecular weight excluding hydrogens is 210 g/mol. The highest BCUT2D eigenvalue weighted by atomic mass is 16.5. The maximum absolute atomic E-state index is 5.55. The van der Waals surface area contributed by atoms with Gasteiger partial charge in [0.25, 0.3) is 0 Å². The lowest BCUT2D eigenvalue weighted by molar-refractivity contribution is 0.203. The van der Waals surface area contributed by atoms with Gasteiger partial charge in [0.05, 0.1) is 12.9 Å². The predicted octanol–water partition coefficient (Wildman–Crippen LogP) is 3.10. The molecule has 0 radical (unpaired) electrons. The Balaban J connectivity index is 1.73. The van der Waals surface area contributed by atoms with E-state index in [9.17, 15) is 0 Å². The van der Waals surface area contributed by atoms with Crippen molar-refractivity contribution in [3.63, 3.8) is 0 Å². The number of ether oxygens (including phenoxy) is 1. The number of nitrogens with one attached hydrogen (secondary N) is 1. The van der Waals surface area contributed by atoms with Crippen LogP contribution >= 0.6 is 0 Å². The zero-order valence-electron chi connectivity index (χ0n) is 11.0. The van der Waals surface area contributed by atoms with Gasteiger partial charge in [0.2, 0.25) is 0 Å². The summed E-state index contributed by atoms with van der Waals surface area (Å²) < 4.78 is 5.55. The highest BCUT2D eigenvalue weighted by molar-refractivity contribution is 5.14. The van der Waals surface area contributed by atoms with Crippen molar-refractivity contribution in [2.24, 2.45) is 17.8 Å². The van der Waals surface area contributed by atoms with E-state index in [1.165, 1.54) is 44.1 Å². The van der Waals surface area contributed by atoms with E-state index < -0.39 is 0 Å². The van der Waals surface area contributed by atoms with Crippen LogP contribution in [0.5, 0.6) is 0 Å². The summed E-state index contributed by atoms with van der Waals surface area (Å²) in [6.45, 7) is 4.22. The Kier molecular flexibility index (Phi) is 3.41. The third-order valence-electron chi connectivity index (χ3n) is 5.01. The lowest BCUT2D eigenvalue weighted by Crippen LogP contribution is -2.40. The highest BCUT2D eigenvalue weighted by Gasteiger charge is 2.43. The van der Waals surface area contributed by atoms with Crippen molar-refractivity contribution in [2.75, 3.05) is 13.2 Å². The van der Waals surface area contributed by atoms with Crippen LogP contribution in [0.25, 0.3) is 0 Å². The van der Waals surface area contributed by atoms with Gasteiger partial charge in [0, 0.05) is 6.04 Å². The van der Waals surface area contributed by atoms with Crippen molar-refractivity contribution in [1.29, 1.82) is 0 Å². The van der Waals surface area contributed by atoms with E-state index in [1.54, 1.807) is 0 Å². The first-order valence-electron chi connectivity index (χ1n) is 7.42. The molecule has 3 rings (SSSR count). The zero-order valence-corrected chi connectivity index (χ0v) is 11.0. The number of likely N-dealkylation sites (N-methyl/N-ethyl adjacent to an activating group) is 1. The second kappa shape index (κ2) is 5.01. The Morgan fingerprint density at radius 1 is 1.41 bits per heavy atom. The maximum atomic E-state index is 5.55. The maximum Gasteiger partial charge on any atom is 0.0876 e. The van der Waals surface area contributed by atoms with Crippen LogP contribution < -0.4 is 5.32 Å². The highest BCUT2D eigenvalue weighted by Crippen LogP contribution is 2.50. The third-order valence-corrected chi connectivity index (χ3v) is 5.01. The fraction of sp³-hybridized carbons (Fsp3) is 0.867. The van der Waals surface area contributed by atoms with E-state index in [4.69, 9.17) is 4.74 Å². The average Bonchev–Trinajstić information content (AvgIpc) is 2.99. The average molecular weight is 235 g/mol. The first-order chi connectivity index (χ1) is 8.38. The molecule has 17 heavy (non-hydrogen) atoms. The van der Waals surface area contributed by atoms with Crippen LogP contribution in [0.4, 0.5) is 0 Å². The Labute approximate surface area is 105 Å². The summed E-state index contributed by atoms with van der Waals surface area (Å²) in [4.78, 5) is 0. The molecular formula is C15H25NO. The second-order valence-electron chi connectivity index (χ2n) is 6.04. The summed E-state index contributed by atoms with van der Waals surface area (Å²) >= 11 is 0. The SMILES string of the molecule is CCNC(C1=COCCC1)C1CC2CCC1C2. The smallest absolute Gasteiger partial charge is 0.0876 e. The van der Waals surface area contributed by atoms with Crippen molar-refractivity contribution in [2.45, 2.75) is 51.5 Å². The number of fused-ring (bicyclic) bond motifs is 2. The van der Waals surface area contributed by atoms with E-state index in [0.29, 0.717) is 6.04 Å². The van der Waals surface area contributed by atoms with Crippen LogP contribution in [0.2, 0.25) is 0 Å². The van der Waals surface area contributed by atoms with Crippen LogP contribution in [0, 0.1) is 17.8 Å². The van der Waals surface area contributed by atoms with Crippen LogP contribution in [-0.2, 0) is 4.74 Å². The molecule has 2 aliphatic carbocycles. The summed E-state index contributed by atoms with van der Waals surface area (Å²) in [5.74, 6) is 2.92. The molecule has 0 amide bonds. The minimum atomic E-state index is 0.607. The molecule has 2 saturated carbocycles. The summed E-state index contributed by atoms with van der Waals surface area (Å²) in [6, 6.07) is 0.607. The van der Waals surface area contributed by atoms with Crippen LogP contribution in [-0.4, -0.2) is 19.2 Å². The first kappa shape index (κ1) is 11.6. The van der Waals surface area contributed by atoms with Crippen molar-refractivity contribution in [3.05, 3.63) is 11.8 Å². The zero-order chi connectivity index (χ0) is 11.7. The molecule has 1 N–H and O–H groups in total. The monoisotopic (exact) mass is 235 g/mol. The molecule has 3 aliphatic rings. The van der Waals surface area contributed by atoms with E-state index in [-0.39, 0.29) is 0 Å². The van der Waals surface area contributed by atoms with Gasteiger partial charge in [-0.05, 0) is 62.0 Å². The van der Waals surface area contributed by atoms with Crippen LogP contribution in [0.3, 0.4) is 0 Å². The topological polar surface area (TPSA) is 21.3 Å². The molecule has 2 bridgehead atoms. The molecule has 0 aromatic rings. The molecule has 2 nitrogen and oxygen atoms in total. The molecule has 4 unspecified atom stereocenters. The van der Waals surface area contributed by atoms with Crippen LogP contribution in [0.1, 0.15) is 45.4 Å². The van der Waals surface area contributed by atoms with Gasteiger partial charge in [-0.2, -0.15) is 0 Å². The molecule has 96 valence electrons. The first-order valence-corrected chi connectivity index (χ1v) is 7.42. The van der Waals surface area contributed by atoms with E-state index in [1.807, 2.05) is 0 Å². The number of hydrogen-bond acceptors (Lipinski definition) is 2. The van der Waals surface area contributed by atoms with Gasteiger partial charge >= 0.3 is 0 Å². The lowest BCUT2D eigenvalue weighted by Gasteiger charge is -2.34. The van der Waals surface area contributed by atoms with Crippen LogP contribution in [0.15, 0.2) is 11.8 Å². The van der Waals surface area contributed by atoms with E-state index in [0.717, 1.165) is 30.9 Å². The van der Waals surface area contributed by atoms with Gasteiger partial charge in [-0.3, -0.25) is 0 Å². The molecule has 0 spiro atoms. The number of rotatable bonds is 4. The third kappa shape index (κ3) is 2.24. The minimum absolute atomic E-state index is 0.607. The van der Waals surface area contributed by atoms with Gasteiger partial charge in [-0.15, -0.1) is 0 Å². The molecule has 1 aliphatic heterocycles. The quantitative estimate of drug-likeness (QED) is 0.808. The lowest BCUT2D eigenvalue weighted by atomic mass is 9.79. The van der Waals surface area contributed by atoms with Gasteiger partial charge in [-0.25, -0.2) is 0 Å². The Bertz CT molecular complexity index is 299. The van der Waals surface area contributed by atoms with Gasteiger partial charge in [0.1, 0.15) is 0 Å². The van der Waals surface area contributed by atoms with Crippen molar-refractivity contribution in [1.82, 2.24) is 5.32 Å². The second-order valence-corrected chi connectivity index (χ2v) is 6.04. The fourth-order valence-electron chi connectivity index (χ4n) is 4.29. The molecule has 4 atom stereocenters. The van der Waals surface area contributed by atoms with Crippen molar-refractivity contribution < 1.29 is 4.74 Å². The number of hydrogen-bond donors (Lipinski definition) is 1.